The summed E-state index contributed by atoms with van der Waals surface area (Å²) in [5.41, 5.74) is 18.5. The summed E-state index contributed by atoms with van der Waals surface area (Å²) in [6.07, 6.45) is 10.7. The molecule has 0 bridgehead atoms. The highest BCUT2D eigenvalue weighted by Crippen LogP contribution is 2.29. The molecule has 2 aromatic carbocycles. The van der Waals surface area contributed by atoms with Crippen LogP contribution in [0.15, 0.2) is 102 Å². The minimum absolute atomic E-state index is 0.690. The monoisotopic (exact) mass is 395 g/mol. The van der Waals surface area contributed by atoms with Crippen LogP contribution in [0.2, 0.25) is 0 Å². The summed E-state index contributed by atoms with van der Waals surface area (Å²) < 4.78 is 0. The predicted octanol–water partition coefficient (Wildman–Crippen LogP) is 7.70. The van der Waals surface area contributed by atoms with Crippen LogP contribution in [0.4, 0.5) is 0 Å². The van der Waals surface area contributed by atoms with Gasteiger partial charge < -0.3 is 5.73 Å². The first-order valence-corrected chi connectivity index (χ1v) is 10.4. The van der Waals surface area contributed by atoms with Crippen LogP contribution >= 0.6 is 0 Å². The maximum absolute atomic E-state index is 6.37. The number of aryl methyl sites for hydroxylation is 2. The van der Waals surface area contributed by atoms with Crippen LogP contribution in [0, 0.1) is 13.8 Å². The number of hydrogen-bond donors (Lipinski definition) is 1. The van der Waals surface area contributed by atoms with Crippen LogP contribution < -0.4 is 5.73 Å². The van der Waals surface area contributed by atoms with Crippen LogP contribution in [0.25, 0.3) is 11.6 Å². The molecule has 0 atom stereocenters. The number of hydrogen-bond acceptors (Lipinski definition) is 1. The molecular weight excluding hydrogens is 362 g/mol. The fourth-order valence-electron chi connectivity index (χ4n) is 3.20. The van der Waals surface area contributed by atoms with Crippen molar-refractivity contribution in [3.63, 3.8) is 0 Å². The highest BCUT2D eigenvalue weighted by Gasteiger charge is 2.10. The molecule has 0 aliphatic heterocycles. The number of allylic oxidation sites excluding steroid dienone is 6. The quantitative estimate of drug-likeness (QED) is 0.200. The van der Waals surface area contributed by atoms with Gasteiger partial charge >= 0.3 is 0 Å². The molecule has 0 amide bonds. The first-order chi connectivity index (χ1) is 14.4. The fraction of sp³-hybridized carbons (Fsp3) is 0.207. The lowest BCUT2D eigenvalue weighted by Crippen LogP contribution is -2.01. The highest BCUT2D eigenvalue weighted by molar-refractivity contribution is 5.75. The average molecular weight is 396 g/mol. The van der Waals surface area contributed by atoms with E-state index in [9.17, 15) is 0 Å². The number of rotatable bonds is 9. The molecule has 1 nitrogen and oxygen atoms in total. The molecule has 0 saturated heterocycles. The summed E-state index contributed by atoms with van der Waals surface area (Å²) in [6.45, 7) is 14.0. The van der Waals surface area contributed by atoms with Gasteiger partial charge in [0.05, 0.1) is 0 Å². The van der Waals surface area contributed by atoms with E-state index in [1.54, 1.807) is 0 Å². The van der Waals surface area contributed by atoms with Gasteiger partial charge in [-0.25, -0.2) is 0 Å². The van der Waals surface area contributed by atoms with E-state index in [0.29, 0.717) is 6.42 Å². The Hall–Kier alpha value is -3.28. The van der Waals surface area contributed by atoms with Crippen LogP contribution in [-0.4, -0.2) is 0 Å². The largest absolute Gasteiger partial charge is 0.402 e. The van der Waals surface area contributed by atoms with E-state index in [1.165, 1.54) is 22.3 Å². The second kappa shape index (κ2) is 11.7. The van der Waals surface area contributed by atoms with E-state index >= 15 is 0 Å². The maximum atomic E-state index is 6.37. The minimum atomic E-state index is 0.690. The Labute approximate surface area is 182 Å². The molecule has 30 heavy (non-hydrogen) atoms. The van der Waals surface area contributed by atoms with Crippen molar-refractivity contribution in [1.29, 1.82) is 0 Å². The molecule has 0 heterocycles. The normalized spacial score (nSPS) is 12.4. The Morgan fingerprint density at radius 1 is 0.967 bits per heavy atom. The molecule has 1 heteroatoms. The van der Waals surface area contributed by atoms with Crippen molar-refractivity contribution in [2.75, 3.05) is 0 Å². The number of unbranched alkanes of at least 4 members (excludes halogenated alkanes) is 1. The van der Waals surface area contributed by atoms with Crippen LogP contribution in [-0.2, 0) is 0 Å². The lowest BCUT2D eigenvalue weighted by Gasteiger charge is -2.14. The van der Waals surface area contributed by atoms with E-state index in [0.717, 1.165) is 35.2 Å². The zero-order valence-corrected chi connectivity index (χ0v) is 18.5. The molecule has 154 valence electrons. The fourth-order valence-corrected chi connectivity index (χ4v) is 3.20. The molecule has 0 spiro atoms. The van der Waals surface area contributed by atoms with Crippen molar-refractivity contribution in [3.8, 4) is 0 Å². The van der Waals surface area contributed by atoms with Gasteiger partial charge in [-0.1, -0.05) is 84.5 Å². The van der Waals surface area contributed by atoms with Gasteiger partial charge in [-0.3, -0.25) is 0 Å². The van der Waals surface area contributed by atoms with Gasteiger partial charge in [0.25, 0.3) is 0 Å². The minimum Gasteiger partial charge on any atom is -0.402 e. The van der Waals surface area contributed by atoms with E-state index in [-0.39, 0.29) is 0 Å². The third kappa shape index (κ3) is 6.95. The summed E-state index contributed by atoms with van der Waals surface area (Å²) in [6, 6.07) is 17.1. The smallest absolute Gasteiger partial charge is 0.0190 e. The molecule has 0 saturated carbocycles. The lowest BCUT2D eigenvalue weighted by molar-refractivity contribution is 1.01. The van der Waals surface area contributed by atoms with Crippen molar-refractivity contribution in [3.05, 3.63) is 125 Å². The molecule has 0 aliphatic rings. The Balaban J connectivity index is 2.42. The summed E-state index contributed by atoms with van der Waals surface area (Å²) in [4.78, 5) is 0. The Bertz CT molecular complexity index is 989. The van der Waals surface area contributed by atoms with E-state index in [1.807, 2.05) is 6.08 Å². The number of nitrogens with two attached hydrogens (primary N) is 1. The Kier molecular flexibility index (Phi) is 8.94. The van der Waals surface area contributed by atoms with Crippen molar-refractivity contribution < 1.29 is 0 Å². The molecule has 0 aliphatic carbocycles. The third-order valence-corrected chi connectivity index (χ3v) is 5.13. The summed E-state index contributed by atoms with van der Waals surface area (Å²) >= 11 is 0. The molecule has 2 aromatic rings. The summed E-state index contributed by atoms with van der Waals surface area (Å²) in [7, 11) is 0. The zero-order valence-electron chi connectivity index (χ0n) is 18.5. The highest BCUT2D eigenvalue weighted by atomic mass is 14.6. The molecule has 2 N–H and O–H groups in total. The van der Waals surface area contributed by atoms with Gasteiger partial charge in [0.2, 0.25) is 0 Å². The molecule has 0 aromatic heterocycles. The van der Waals surface area contributed by atoms with Crippen LogP contribution in [0.3, 0.4) is 0 Å². The second-order valence-electron chi connectivity index (χ2n) is 7.63. The van der Waals surface area contributed by atoms with Crippen molar-refractivity contribution in [1.82, 2.24) is 0 Å². The Morgan fingerprint density at radius 3 is 2.13 bits per heavy atom. The van der Waals surface area contributed by atoms with Crippen LogP contribution in [0.1, 0.15) is 48.4 Å². The zero-order chi connectivity index (χ0) is 21.9. The molecule has 0 radical (unpaired) electrons. The molecule has 0 unspecified atom stereocenters. The average Bonchev–Trinajstić information content (AvgIpc) is 2.74. The van der Waals surface area contributed by atoms with E-state index in [2.05, 4.69) is 106 Å². The van der Waals surface area contributed by atoms with Crippen LogP contribution in [0.5, 0.6) is 0 Å². The van der Waals surface area contributed by atoms with E-state index < -0.39 is 0 Å². The Morgan fingerprint density at radius 2 is 1.57 bits per heavy atom. The van der Waals surface area contributed by atoms with Gasteiger partial charge in [-0.2, -0.15) is 0 Å². The third-order valence-electron chi connectivity index (χ3n) is 5.13. The standard InChI is InChI=1S/C29H33N/c1-6-8-9-10-28(30)21-29(27-18-13-23(4)14-19-27)24(5)26(7-2)20-17-25-15-11-22(3)12-16-25/h6,10-20H,1-2,8-9,21,30H2,3-5H3/b20-17+,28-10+,29-24-. The molecular formula is C29H33N. The van der Waals surface area contributed by atoms with E-state index in [4.69, 9.17) is 5.73 Å². The first kappa shape index (κ1) is 23.0. The van der Waals surface area contributed by atoms with Gasteiger partial charge in [-0.05, 0) is 62.0 Å². The number of benzene rings is 2. The van der Waals surface area contributed by atoms with Gasteiger partial charge in [-0.15, -0.1) is 12.3 Å². The second-order valence-corrected chi connectivity index (χ2v) is 7.63. The molecule has 2 rings (SSSR count). The summed E-state index contributed by atoms with van der Waals surface area (Å²) in [5.74, 6) is 0. The maximum Gasteiger partial charge on any atom is 0.0190 e. The molecule has 0 fully saturated rings. The van der Waals surface area contributed by atoms with Gasteiger partial charge in [0, 0.05) is 17.7 Å². The first-order valence-electron chi connectivity index (χ1n) is 10.4. The predicted molar refractivity (Wildman–Crippen MR) is 133 cm³/mol. The van der Waals surface area contributed by atoms with Crippen molar-refractivity contribution in [2.24, 2.45) is 5.73 Å². The topological polar surface area (TPSA) is 26.0 Å². The lowest BCUT2D eigenvalue weighted by atomic mass is 9.91. The van der Waals surface area contributed by atoms with Gasteiger partial charge in [0.15, 0.2) is 0 Å². The SMILES string of the molecule is C=C=C(/C=C/c1ccc(C)cc1)/C(C)=C(/C/C(N)=C\CCC=C)c1ccc(C)cc1. The van der Waals surface area contributed by atoms with Gasteiger partial charge in [0.1, 0.15) is 0 Å². The van der Waals surface area contributed by atoms with Crippen molar-refractivity contribution >= 4 is 11.6 Å². The summed E-state index contributed by atoms with van der Waals surface area (Å²) in [5, 5.41) is 0. The van der Waals surface area contributed by atoms with Crippen molar-refractivity contribution in [2.45, 2.75) is 40.0 Å².